The molecule has 1 saturated carbocycles. The molecular weight excluding hydrogens is 488 g/mol. The molecule has 1 aliphatic heterocycles. The number of nitrogen functional groups attached to an aromatic ring is 1. The number of piperidine rings is 1. The number of para-hydroxylation sites is 1. The largest absolute Gasteiger partial charge is 0.457 e. The number of benzene rings is 2. The lowest BCUT2D eigenvalue weighted by Crippen LogP contribution is -2.41. The third-order valence-corrected chi connectivity index (χ3v) is 7.60. The number of carbonyl (C=O) groups excluding carboxylic acids is 1. The zero-order valence-electron chi connectivity index (χ0n) is 21.9. The second-order valence-corrected chi connectivity index (χ2v) is 10.3. The van der Waals surface area contributed by atoms with Crippen molar-refractivity contribution in [1.82, 2.24) is 19.4 Å². The first kappa shape index (κ1) is 24.7. The summed E-state index contributed by atoms with van der Waals surface area (Å²) in [5.74, 6) is 2.13. The molecule has 0 spiro atoms. The number of carbonyl (C=O) groups is 1. The predicted molar refractivity (Wildman–Crippen MR) is 150 cm³/mol. The van der Waals surface area contributed by atoms with E-state index in [1.54, 1.807) is 0 Å². The lowest BCUT2D eigenvalue weighted by atomic mass is 10.0. The fourth-order valence-electron chi connectivity index (χ4n) is 5.56. The Hall–Kier alpha value is -4.64. The normalized spacial score (nSPS) is 17.7. The minimum Gasteiger partial charge on any atom is -0.457 e. The van der Waals surface area contributed by atoms with Gasteiger partial charge in [0.25, 0.3) is 5.91 Å². The first-order chi connectivity index (χ1) is 19.0. The van der Waals surface area contributed by atoms with Crippen molar-refractivity contribution in [3.05, 3.63) is 78.3 Å². The SMILES string of the molecule is Cc1c(-c2ccc(Oc3ccccc3)cc2)c2c(N)ncnc2n1[C@@H]1CCCN(C(=O)C(C#N)=CC2CC2)C1. The summed E-state index contributed by atoms with van der Waals surface area (Å²) in [6.07, 6.45) is 7.19. The molecule has 4 aromatic rings. The van der Waals surface area contributed by atoms with E-state index in [4.69, 9.17) is 10.5 Å². The highest BCUT2D eigenvalue weighted by Crippen LogP contribution is 2.40. The van der Waals surface area contributed by atoms with Crippen molar-refractivity contribution in [2.45, 2.75) is 38.6 Å². The van der Waals surface area contributed by atoms with Crippen LogP contribution in [0.5, 0.6) is 11.5 Å². The minimum absolute atomic E-state index is 0.00908. The highest BCUT2D eigenvalue weighted by atomic mass is 16.5. The first-order valence-electron chi connectivity index (χ1n) is 13.4. The highest BCUT2D eigenvalue weighted by Gasteiger charge is 2.31. The number of hydrogen-bond acceptors (Lipinski definition) is 6. The summed E-state index contributed by atoms with van der Waals surface area (Å²) in [5, 5.41) is 10.4. The molecule has 0 bridgehead atoms. The molecule has 1 atom stereocenters. The van der Waals surface area contributed by atoms with Gasteiger partial charge in [-0.3, -0.25) is 4.79 Å². The summed E-state index contributed by atoms with van der Waals surface area (Å²) < 4.78 is 8.18. The first-order valence-corrected chi connectivity index (χ1v) is 13.4. The Morgan fingerprint density at radius 2 is 1.82 bits per heavy atom. The van der Waals surface area contributed by atoms with Crippen molar-refractivity contribution in [1.29, 1.82) is 5.26 Å². The molecule has 2 fully saturated rings. The molecule has 2 aromatic heterocycles. The van der Waals surface area contributed by atoms with Crippen molar-refractivity contribution in [3.63, 3.8) is 0 Å². The molecular formula is C31H30N6O2. The van der Waals surface area contributed by atoms with E-state index >= 15 is 0 Å². The van der Waals surface area contributed by atoms with Gasteiger partial charge in [0.2, 0.25) is 0 Å². The van der Waals surface area contributed by atoms with E-state index in [1.807, 2.05) is 65.6 Å². The van der Waals surface area contributed by atoms with Gasteiger partial charge in [-0.25, -0.2) is 9.97 Å². The molecule has 196 valence electrons. The number of ether oxygens (including phenoxy) is 1. The molecule has 3 heterocycles. The molecule has 2 N–H and O–H groups in total. The van der Waals surface area contributed by atoms with Gasteiger partial charge in [-0.2, -0.15) is 5.26 Å². The number of nitrogens with zero attached hydrogens (tertiary/aromatic N) is 5. The number of allylic oxidation sites excluding steroid dienone is 1. The van der Waals surface area contributed by atoms with Gasteiger partial charge in [-0.05, 0) is 68.4 Å². The molecule has 0 unspecified atom stereocenters. The highest BCUT2D eigenvalue weighted by molar-refractivity contribution is 6.02. The zero-order chi connectivity index (χ0) is 26.9. The van der Waals surface area contributed by atoms with Gasteiger partial charge in [0, 0.05) is 24.3 Å². The molecule has 2 aliphatic rings. The zero-order valence-corrected chi connectivity index (χ0v) is 21.9. The average molecular weight is 519 g/mol. The Labute approximate surface area is 227 Å². The number of amides is 1. The number of hydrogen-bond donors (Lipinski definition) is 1. The summed E-state index contributed by atoms with van der Waals surface area (Å²) in [5.41, 5.74) is 10.4. The summed E-state index contributed by atoms with van der Waals surface area (Å²) >= 11 is 0. The number of aromatic nitrogens is 3. The molecule has 39 heavy (non-hydrogen) atoms. The van der Waals surface area contributed by atoms with E-state index in [1.165, 1.54) is 6.33 Å². The number of nitriles is 1. The maximum Gasteiger partial charge on any atom is 0.264 e. The van der Waals surface area contributed by atoms with Gasteiger partial charge in [-0.15, -0.1) is 0 Å². The second kappa shape index (κ2) is 10.3. The maximum atomic E-state index is 13.2. The summed E-state index contributed by atoms with van der Waals surface area (Å²) in [7, 11) is 0. The standard InChI is InChI=1S/C31H30N6O2/c1-20-27(22-11-13-26(14-12-22)39-25-7-3-2-4-8-25)28-29(33)34-19-35-30(28)37(20)24-6-5-15-36(18-24)31(38)23(17-32)16-21-9-10-21/h2-4,7-8,11-14,16,19,21,24H,5-6,9-10,15,18H2,1H3,(H2,33,34,35)/t24-/m1/s1. The maximum absolute atomic E-state index is 13.2. The van der Waals surface area contributed by atoms with Crippen LogP contribution in [0, 0.1) is 24.2 Å². The van der Waals surface area contributed by atoms with Crippen LogP contribution < -0.4 is 10.5 Å². The molecule has 8 nitrogen and oxygen atoms in total. The number of nitrogens with two attached hydrogens (primary N) is 1. The van der Waals surface area contributed by atoms with E-state index in [-0.39, 0.29) is 17.5 Å². The molecule has 0 radical (unpaired) electrons. The summed E-state index contributed by atoms with van der Waals surface area (Å²) in [6, 6.07) is 19.8. The molecule has 8 heteroatoms. The average Bonchev–Trinajstić information content (AvgIpc) is 3.73. The van der Waals surface area contributed by atoms with E-state index in [0.29, 0.717) is 24.8 Å². The lowest BCUT2D eigenvalue weighted by Gasteiger charge is -2.34. The second-order valence-electron chi connectivity index (χ2n) is 10.3. The summed E-state index contributed by atoms with van der Waals surface area (Å²) in [6.45, 7) is 3.23. The Bertz CT molecular complexity index is 1600. The van der Waals surface area contributed by atoms with Crippen molar-refractivity contribution in [2.75, 3.05) is 18.8 Å². The number of anilines is 1. The number of likely N-dealkylation sites (tertiary alicyclic amines) is 1. The van der Waals surface area contributed by atoms with Crippen LogP contribution >= 0.6 is 0 Å². The number of rotatable bonds is 6. The summed E-state index contributed by atoms with van der Waals surface area (Å²) in [4.78, 5) is 24.0. The molecule has 1 aliphatic carbocycles. The van der Waals surface area contributed by atoms with Gasteiger partial charge >= 0.3 is 0 Å². The van der Waals surface area contributed by atoms with Crippen LogP contribution in [0.4, 0.5) is 5.82 Å². The fourth-order valence-corrected chi connectivity index (χ4v) is 5.56. The Morgan fingerprint density at radius 3 is 2.54 bits per heavy atom. The Balaban J connectivity index is 1.34. The monoisotopic (exact) mass is 518 g/mol. The van der Waals surface area contributed by atoms with Gasteiger partial charge < -0.3 is 19.9 Å². The van der Waals surface area contributed by atoms with Gasteiger partial charge in [-0.1, -0.05) is 36.4 Å². The van der Waals surface area contributed by atoms with Gasteiger partial charge in [0.15, 0.2) is 0 Å². The van der Waals surface area contributed by atoms with Crippen molar-refractivity contribution in [3.8, 4) is 28.7 Å². The molecule has 1 saturated heterocycles. The van der Waals surface area contributed by atoms with E-state index in [9.17, 15) is 10.1 Å². The number of fused-ring (bicyclic) bond motifs is 1. The Morgan fingerprint density at radius 1 is 1.08 bits per heavy atom. The minimum atomic E-state index is -0.174. The van der Waals surface area contributed by atoms with Crippen LogP contribution in [-0.4, -0.2) is 38.4 Å². The van der Waals surface area contributed by atoms with Crippen LogP contribution in [0.25, 0.3) is 22.2 Å². The molecule has 1 amide bonds. The van der Waals surface area contributed by atoms with Crippen LogP contribution in [0.3, 0.4) is 0 Å². The molecule has 2 aromatic carbocycles. The van der Waals surface area contributed by atoms with Crippen LogP contribution in [0.2, 0.25) is 0 Å². The quantitative estimate of drug-likeness (QED) is 0.255. The Kier molecular flexibility index (Phi) is 6.49. The van der Waals surface area contributed by atoms with Crippen molar-refractivity contribution < 1.29 is 9.53 Å². The van der Waals surface area contributed by atoms with E-state index < -0.39 is 0 Å². The van der Waals surface area contributed by atoms with Crippen molar-refractivity contribution >= 4 is 22.8 Å². The molecule has 6 rings (SSSR count). The van der Waals surface area contributed by atoms with Crippen LogP contribution in [0.15, 0.2) is 72.6 Å². The van der Waals surface area contributed by atoms with Gasteiger partial charge in [0.05, 0.1) is 11.4 Å². The van der Waals surface area contributed by atoms with Crippen molar-refractivity contribution in [2.24, 2.45) is 5.92 Å². The predicted octanol–water partition coefficient (Wildman–Crippen LogP) is 5.80. The smallest absolute Gasteiger partial charge is 0.264 e. The lowest BCUT2D eigenvalue weighted by molar-refractivity contribution is -0.128. The fraction of sp³-hybridized carbons (Fsp3) is 0.290. The third kappa shape index (κ3) is 4.84. The topological polar surface area (TPSA) is 110 Å². The third-order valence-electron chi connectivity index (χ3n) is 7.60. The van der Waals surface area contributed by atoms with Crippen LogP contribution in [-0.2, 0) is 4.79 Å². The van der Waals surface area contributed by atoms with Gasteiger partial charge in [0.1, 0.15) is 40.9 Å². The van der Waals surface area contributed by atoms with E-state index in [0.717, 1.165) is 65.0 Å². The van der Waals surface area contributed by atoms with Crippen LogP contribution in [0.1, 0.15) is 37.4 Å². The van der Waals surface area contributed by atoms with E-state index in [2.05, 4.69) is 27.5 Å².